The summed E-state index contributed by atoms with van der Waals surface area (Å²) in [5.41, 5.74) is 3.45. The lowest BCUT2D eigenvalue weighted by Crippen LogP contribution is -2.49. The fourth-order valence-corrected chi connectivity index (χ4v) is 2.78. The molecule has 25 heavy (non-hydrogen) atoms. The van der Waals surface area contributed by atoms with Gasteiger partial charge in [-0.2, -0.15) is 0 Å². The summed E-state index contributed by atoms with van der Waals surface area (Å²) in [4.78, 5) is 12.1. The fourth-order valence-electron chi connectivity index (χ4n) is 2.49. The van der Waals surface area contributed by atoms with Gasteiger partial charge in [0.25, 0.3) is 0 Å². The van der Waals surface area contributed by atoms with Crippen molar-refractivity contribution in [3.63, 3.8) is 0 Å². The van der Waals surface area contributed by atoms with Crippen LogP contribution in [-0.4, -0.2) is 18.1 Å². The number of anilines is 1. The first-order valence-corrected chi connectivity index (χ1v) is 8.29. The van der Waals surface area contributed by atoms with E-state index in [4.69, 9.17) is 28.0 Å². The molecule has 2 rings (SSSR count). The van der Waals surface area contributed by atoms with Crippen LogP contribution < -0.4 is 21.4 Å². The van der Waals surface area contributed by atoms with Gasteiger partial charge >= 0.3 is 6.03 Å². The van der Waals surface area contributed by atoms with Crippen molar-refractivity contribution in [1.82, 2.24) is 5.01 Å². The molecule has 0 saturated heterocycles. The Labute approximate surface area is 152 Å². The Kier molecular flexibility index (Phi) is 6.25. The van der Waals surface area contributed by atoms with Crippen molar-refractivity contribution >= 4 is 23.3 Å². The first kappa shape index (κ1) is 19.1. The van der Waals surface area contributed by atoms with E-state index in [1.165, 1.54) is 7.05 Å². The Morgan fingerprint density at radius 3 is 2.56 bits per heavy atom. The maximum absolute atomic E-state index is 12.1. The summed E-state index contributed by atoms with van der Waals surface area (Å²) in [6.07, 6.45) is 0.772. The number of nitrogens with zero attached hydrogens (tertiary/aromatic N) is 2. The van der Waals surface area contributed by atoms with Crippen LogP contribution in [0.15, 0.2) is 36.4 Å². The average Bonchev–Trinajstić information content (AvgIpc) is 2.59. The van der Waals surface area contributed by atoms with Crippen molar-refractivity contribution in [2.24, 2.45) is 11.7 Å². The second kappa shape index (κ2) is 8.20. The lowest BCUT2D eigenvalue weighted by molar-refractivity contribution is 0.216. The third kappa shape index (κ3) is 4.42. The maximum Gasteiger partial charge on any atom is 0.352 e. The first-order chi connectivity index (χ1) is 11.8. The van der Waals surface area contributed by atoms with Crippen molar-refractivity contribution in [2.45, 2.75) is 26.9 Å². The number of hydrogen-bond acceptors (Lipinski definition) is 4. The SMILES string of the molecule is CCc1cccc(N(N)C(=O)N(C)N)c1COc1ccc(C)cc1Cl. The van der Waals surface area contributed by atoms with E-state index in [1.54, 1.807) is 6.07 Å². The number of nitrogens with two attached hydrogens (primary N) is 2. The van der Waals surface area contributed by atoms with Crippen LogP contribution in [0.3, 0.4) is 0 Å². The zero-order chi connectivity index (χ0) is 18.6. The molecule has 0 unspecified atom stereocenters. The number of aryl methyl sites for hydroxylation is 2. The van der Waals surface area contributed by atoms with Crippen LogP contribution in [0.25, 0.3) is 0 Å². The van der Waals surface area contributed by atoms with Crippen molar-refractivity contribution in [3.05, 3.63) is 58.1 Å². The summed E-state index contributed by atoms with van der Waals surface area (Å²) < 4.78 is 5.88. The zero-order valence-electron chi connectivity index (χ0n) is 14.6. The van der Waals surface area contributed by atoms with E-state index < -0.39 is 6.03 Å². The fraction of sp³-hybridized carbons (Fsp3) is 0.278. The molecule has 0 atom stereocenters. The standard InChI is InChI=1S/C18H23ClN4O2/c1-4-13-6-5-7-16(23(21)18(24)22(3)20)14(13)11-25-17-9-8-12(2)10-15(17)19/h5-10H,4,11,20-21H2,1-3H3. The number of amides is 2. The Balaban J connectivity index is 2.33. The normalized spacial score (nSPS) is 10.5. The smallest absolute Gasteiger partial charge is 0.352 e. The molecule has 7 heteroatoms. The van der Waals surface area contributed by atoms with E-state index in [0.717, 1.165) is 33.1 Å². The van der Waals surface area contributed by atoms with Crippen LogP contribution in [0.5, 0.6) is 5.75 Å². The number of hydrogen-bond donors (Lipinski definition) is 2. The van der Waals surface area contributed by atoms with Gasteiger partial charge in [-0.25, -0.2) is 21.5 Å². The van der Waals surface area contributed by atoms with Gasteiger partial charge in [-0.3, -0.25) is 5.01 Å². The van der Waals surface area contributed by atoms with Crippen LogP contribution in [0.1, 0.15) is 23.6 Å². The molecule has 0 saturated carbocycles. The van der Waals surface area contributed by atoms with Crippen LogP contribution in [0, 0.1) is 6.92 Å². The Morgan fingerprint density at radius 1 is 1.24 bits per heavy atom. The number of rotatable bonds is 5. The van der Waals surface area contributed by atoms with E-state index in [2.05, 4.69) is 0 Å². The molecule has 0 heterocycles. The average molecular weight is 363 g/mol. The van der Waals surface area contributed by atoms with Gasteiger partial charge in [-0.1, -0.05) is 36.7 Å². The van der Waals surface area contributed by atoms with Crippen molar-refractivity contribution < 1.29 is 9.53 Å². The highest BCUT2D eigenvalue weighted by Gasteiger charge is 2.19. The van der Waals surface area contributed by atoms with Crippen LogP contribution in [-0.2, 0) is 13.0 Å². The van der Waals surface area contributed by atoms with Gasteiger partial charge in [-0.05, 0) is 42.7 Å². The van der Waals surface area contributed by atoms with Gasteiger partial charge in [0.05, 0.1) is 10.7 Å². The van der Waals surface area contributed by atoms with E-state index in [9.17, 15) is 4.79 Å². The second-order valence-electron chi connectivity index (χ2n) is 5.75. The van der Waals surface area contributed by atoms with E-state index in [-0.39, 0.29) is 6.61 Å². The topological polar surface area (TPSA) is 84.8 Å². The molecule has 0 bridgehead atoms. The molecular formula is C18H23ClN4O2. The lowest BCUT2D eigenvalue weighted by atomic mass is 10.0. The summed E-state index contributed by atoms with van der Waals surface area (Å²) in [7, 11) is 1.44. The highest BCUT2D eigenvalue weighted by Crippen LogP contribution is 2.29. The van der Waals surface area contributed by atoms with Gasteiger partial charge in [0.1, 0.15) is 12.4 Å². The number of carbonyl (C=O) groups is 1. The number of ether oxygens (including phenoxy) is 1. The van der Waals surface area contributed by atoms with Crippen LogP contribution in [0.4, 0.5) is 10.5 Å². The lowest BCUT2D eigenvalue weighted by Gasteiger charge is -2.24. The summed E-state index contributed by atoms with van der Waals surface area (Å²) in [5, 5.41) is 2.49. The first-order valence-electron chi connectivity index (χ1n) is 7.92. The molecule has 0 aromatic heterocycles. The molecule has 0 fully saturated rings. The molecule has 134 valence electrons. The van der Waals surface area contributed by atoms with Gasteiger partial charge < -0.3 is 4.74 Å². The monoisotopic (exact) mass is 362 g/mol. The largest absolute Gasteiger partial charge is 0.487 e. The molecule has 0 aliphatic heterocycles. The van der Waals surface area contributed by atoms with E-state index in [0.29, 0.717) is 16.5 Å². The predicted molar refractivity (Wildman–Crippen MR) is 100 cm³/mol. The third-order valence-electron chi connectivity index (χ3n) is 3.86. The quantitative estimate of drug-likeness (QED) is 0.485. The summed E-state index contributed by atoms with van der Waals surface area (Å²) >= 11 is 6.23. The molecule has 2 aromatic rings. The van der Waals surface area contributed by atoms with Gasteiger partial charge in [-0.15, -0.1) is 0 Å². The second-order valence-corrected chi connectivity index (χ2v) is 6.16. The molecule has 0 aliphatic rings. The zero-order valence-corrected chi connectivity index (χ0v) is 15.4. The Bertz CT molecular complexity index is 765. The molecule has 2 aromatic carbocycles. The number of halogens is 1. The minimum absolute atomic E-state index is 0.234. The number of hydrazine groups is 2. The Morgan fingerprint density at radius 2 is 1.96 bits per heavy atom. The molecule has 6 nitrogen and oxygen atoms in total. The molecular weight excluding hydrogens is 340 g/mol. The third-order valence-corrected chi connectivity index (χ3v) is 4.15. The predicted octanol–water partition coefficient (Wildman–Crippen LogP) is 3.40. The van der Waals surface area contributed by atoms with Gasteiger partial charge in [0.2, 0.25) is 0 Å². The van der Waals surface area contributed by atoms with E-state index >= 15 is 0 Å². The molecule has 2 amide bonds. The van der Waals surface area contributed by atoms with Crippen molar-refractivity contribution in [2.75, 3.05) is 12.1 Å². The number of carbonyl (C=O) groups excluding carboxylic acids is 1. The minimum Gasteiger partial charge on any atom is -0.487 e. The maximum atomic E-state index is 12.1. The van der Waals surface area contributed by atoms with Crippen molar-refractivity contribution in [3.8, 4) is 5.75 Å². The highest BCUT2D eigenvalue weighted by molar-refractivity contribution is 6.32. The molecule has 0 aliphatic carbocycles. The Hall–Kier alpha value is -2.28. The number of urea groups is 1. The molecule has 0 spiro atoms. The van der Waals surface area contributed by atoms with Gasteiger partial charge in [0.15, 0.2) is 0 Å². The summed E-state index contributed by atoms with van der Waals surface area (Å²) in [5.74, 6) is 12.0. The van der Waals surface area contributed by atoms with Crippen LogP contribution in [0.2, 0.25) is 5.02 Å². The summed E-state index contributed by atoms with van der Waals surface area (Å²) in [6.45, 7) is 4.22. The van der Waals surface area contributed by atoms with E-state index in [1.807, 2.05) is 44.2 Å². The highest BCUT2D eigenvalue weighted by atomic mass is 35.5. The van der Waals surface area contributed by atoms with Gasteiger partial charge in [0, 0.05) is 12.6 Å². The molecule has 4 N–H and O–H groups in total. The number of benzene rings is 2. The van der Waals surface area contributed by atoms with Crippen molar-refractivity contribution in [1.29, 1.82) is 0 Å². The molecule has 0 radical (unpaired) electrons. The van der Waals surface area contributed by atoms with Crippen LogP contribution >= 0.6 is 11.6 Å². The minimum atomic E-state index is -0.525. The summed E-state index contributed by atoms with van der Waals surface area (Å²) in [6, 6.07) is 10.6.